The van der Waals surface area contributed by atoms with Crippen LogP contribution in [-0.2, 0) is 4.74 Å². The minimum Gasteiger partial charge on any atom is -0.357 e. The van der Waals surface area contributed by atoms with Gasteiger partial charge in [-0.1, -0.05) is 0 Å². The van der Waals surface area contributed by atoms with Crippen molar-refractivity contribution in [2.24, 2.45) is 0 Å². The van der Waals surface area contributed by atoms with E-state index >= 15 is 0 Å². The molecule has 0 spiro atoms. The molecular weight excluding hydrogens is 456 g/mol. The summed E-state index contributed by atoms with van der Waals surface area (Å²) >= 11 is 0. The molecule has 1 aliphatic heterocycles. The topological polar surface area (TPSA) is 92.3 Å². The molecule has 2 N–H and O–H groups in total. The Morgan fingerprint density at radius 2 is 1.94 bits per heavy atom. The van der Waals surface area contributed by atoms with E-state index in [1.54, 1.807) is 27.1 Å². The van der Waals surface area contributed by atoms with Crippen LogP contribution >= 0.6 is 0 Å². The number of carbonyl (C=O) groups is 1. The van der Waals surface area contributed by atoms with Gasteiger partial charge in [-0.3, -0.25) is 4.74 Å². The summed E-state index contributed by atoms with van der Waals surface area (Å²) in [4.78, 5) is 26.8. The fourth-order valence-corrected chi connectivity index (χ4v) is 3.90. The number of carbonyl (C=O) groups excluding carboxylic acids is 1. The number of aromatic nitrogens is 3. The number of nitrogens with zero attached hydrogens (tertiary/aromatic N) is 4. The van der Waals surface area contributed by atoms with E-state index in [0.29, 0.717) is 39.4 Å². The van der Waals surface area contributed by atoms with Crippen LogP contribution in [0.25, 0.3) is 22.2 Å². The van der Waals surface area contributed by atoms with Gasteiger partial charge in [-0.05, 0) is 49.6 Å². The minimum absolute atomic E-state index is 0.0356. The molecular formula is C22H22F4N6O2. The van der Waals surface area contributed by atoms with Crippen LogP contribution in [0.2, 0.25) is 0 Å². The fraction of sp³-hybridized carbons (Fsp3) is 0.364. The van der Waals surface area contributed by atoms with E-state index in [-0.39, 0.29) is 25.2 Å². The summed E-state index contributed by atoms with van der Waals surface area (Å²) < 4.78 is 56.0. The van der Waals surface area contributed by atoms with E-state index in [2.05, 4.69) is 30.3 Å². The maximum absolute atomic E-state index is 14.7. The molecule has 2 amide bonds. The number of fused-ring (bicyclic) bond motifs is 1. The first kappa shape index (κ1) is 23.6. The highest BCUT2D eigenvalue weighted by Crippen LogP contribution is 2.33. The predicted octanol–water partition coefficient (Wildman–Crippen LogP) is 4.63. The third kappa shape index (κ3) is 5.01. The average Bonchev–Trinajstić information content (AvgIpc) is 3.21. The Morgan fingerprint density at radius 1 is 1.18 bits per heavy atom. The van der Waals surface area contributed by atoms with E-state index in [9.17, 15) is 22.4 Å². The SMILES string of the molecule is CNc1ncc2cc(-c3cc(NC(=O)N4CC[C@@H](OC(F)(F)F)C4)c(F)cc3C)c(C)nc2n1. The molecule has 2 aromatic heterocycles. The first-order valence-electron chi connectivity index (χ1n) is 10.5. The first-order valence-corrected chi connectivity index (χ1v) is 10.5. The normalized spacial score (nSPS) is 16.2. The fourth-order valence-electron chi connectivity index (χ4n) is 3.90. The highest BCUT2D eigenvalue weighted by atomic mass is 19.4. The number of hydrogen-bond donors (Lipinski definition) is 2. The van der Waals surface area contributed by atoms with E-state index in [1.807, 2.05) is 6.07 Å². The molecule has 180 valence electrons. The number of benzene rings is 1. The third-order valence-electron chi connectivity index (χ3n) is 5.56. The van der Waals surface area contributed by atoms with Crippen molar-refractivity contribution in [1.82, 2.24) is 19.9 Å². The Kier molecular flexibility index (Phi) is 6.26. The van der Waals surface area contributed by atoms with Gasteiger partial charge in [0.15, 0.2) is 5.65 Å². The molecule has 1 aromatic carbocycles. The van der Waals surface area contributed by atoms with Crippen LogP contribution in [-0.4, -0.2) is 58.5 Å². The zero-order valence-electron chi connectivity index (χ0n) is 18.6. The zero-order valence-corrected chi connectivity index (χ0v) is 18.6. The second-order valence-electron chi connectivity index (χ2n) is 7.98. The molecule has 3 aromatic rings. The maximum atomic E-state index is 14.7. The molecule has 0 aliphatic carbocycles. The van der Waals surface area contributed by atoms with Crippen LogP contribution in [0, 0.1) is 19.7 Å². The van der Waals surface area contributed by atoms with Crippen molar-refractivity contribution in [3.63, 3.8) is 0 Å². The quantitative estimate of drug-likeness (QED) is 0.531. The van der Waals surface area contributed by atoms with Crippen LogP contribution in [0.4, 0.5) is 34.0 Å². The van der Waals surface area contributed by atoms with Crippen LogP contribution in [0.5, 0.6) is 0 Å². The van der Waals surface area contributed by atoms with Gasteiger partial charge >= 0.3 is 12.4 Å². The van der Waals surface area contributed by atoms with Gasteiger partial charge in [0.25, 0.3) is 0 Å². The number of nitrogens with one attached hydrogen (secondary N) is 2. The average molecular weight is 478 g/mol. The van der Waals surface area contributed by atoms with Crippen LogP contribution in [0.1, 0.15) is 17.7 Å². The molecule has 1 aliphatic rings. The smallest absolute Gasteiger partial charge is 0.357 e. The monoisotopic (exact) mass is 478 g/mol. The first-order chi connectivity index (χ1) is 16.0. The molecule has 4 rings (SSSR count). The van der Waals surface area contributed by atoms with Gasteiger partial charge in [0.2, 0.25) is 5.95 Å². The molecule has 0 saturated carbocycles. The van der Waals surface area contributed by atoms with Gasteiger partial charge in [-0.25, -0.2) is 19.2 Å². The van der Waals surface area contributed by atoms with Gasteiger partial charge < -0.3 is 15.5 Å². The highest BCUT2D eigenvalue weighted by molar-refractivity contribution is 5.91. The number of pyridine rings is 1. The summed E-state index contributed by atoms with van der Waals surface area (Å²) in [6.45, 7) is 3.35. The summed E-state index contributed by atoms with van der Waals surface area (Å²) in [7, 11) is 1.70. The van der Waals surface area contributed by atoms with E-state index in [1.165, 1.54) is 12.1 Å². The number of aryl methyl sites for hydroxylation is 2. The molecule has 12 heteroatoms. The number of amides is 2. The second kappa shape index (κ2) is 9.01. The third-order valence-corrected chi connectivity index (χ3v) is 5.56. The van der Waals surface area contributed by atoms with Crippen molar-refractivity contribution in [2.45, 2.75) is 32.7 Å². The summed E-state index contributed by atoms with van der Waals surface area (Å²) in [5, 5.41) is 6.00. The second-order valence-corrected chi connectivity index (χ2v) is 7.98. The summed E-state index contributed by atoms with van der Waals surface area (Å²) in [6, 6.07) is 3.90. The summed E-state index contributed by atoms with van der Waals surface area (Å²) in [6.07, 6.45) is -4.27. The Balaban J connectivity index is 1.59. The van der Waals surface area contributed by atoms with Crippen molar-refractivity contribution in [3.8, 4) is 11.1 Å². The zero-order chi connectivity index (χ0) is 24.6. The summed E-state index contributed by atoms with van der Waals surface area (Å²) in [5.41, 5.74) is 3.02. The Labute approximate surface area is 192 Å². The largest absolute Gasteiger partial charge is 0.522 e. The van der Waals surface area contributed by atoms with Crippen molar-refractivity contribution >= 4 is 28.7 Å². The Bertz CT molecular complexity index is 1250. The number of alkyl halides is 3. The molecule has 0 radical (unpaired) electrons. The lowest BCUT2D eigenvalue weighted by Gasteiger charge is -2.19. The van der Waals surface area contributed by atoms with Crippen molar-refractivity contribution in [2.75, 3.05) is 30.8 Å². The predicted molar refractivity (Wildman–Crippen MR) is 118 cm³/mol. The maximum Gasteiger partial charge on any atom is 0.522 e. The standard InChI is InChI=1S/C22H22F4N6O2/c1-11-6-17(23)18(30-21(33)32-5-4-14(10-32)34-22(24,25)26)8-15(11)16-7-13-9-28-20(27-3)31-19(13)29-12(16)2/h6-9,14H,4-5,10H2,1-3H3,(H,30,33)(H,27,28,29,31)/t14-/m1/s1. The van der Waals surface area contributed by atoms with Crippen molar-refractivity contribution in [3.05, 3.63) is 41.5 Å². The van der Waals surface area contributed by atoms with Gasteiger partial charge in [0, 0.05) is 43.0 Å². The number of anilines is 2. The van der Waals surface area contributed by atoms with Crippen molar-refractivity contribution in [1.29, 1.82) is 0 Å². The minimum atomic E-state index is -4.78. The molecule has 8 nitrogen and oxygen atoms in total. The van der Waals surface area contributed by atoms with Gasteiger partial charge in [-0.15, -0.1) is 13.2 Å². The number of rotatable bonds is 4. The molecule has 1 saturated heterocycles. The lowest BCUT2D eigenvalue weighted by molar-refractivity contribution is -0.340. The van der Waals surface area contributed by atoms with E-state index < -0.39 is 24.3 Å². The molecule has 0 bridgehead atoms. The highest BCUT2D eigenvalue weighted by Gasteiger charge is 2.37. The number of urea groups is 1. The number of hydrogen-bond acceptors (Lipinski definition) is 6. The molecule has 1 fully saturated rings. The summed E-state index contributed by atoms with van der Waals surface area (Å²) in [5.74, 6) is -0.231. The molecule has 0 unspecified atom stereocenters. The van der Waals surface area contributed by atoms with Gasteiger partial charge in [0.1, 0.15) is 5.82 Å². The van der Waals surface area contributed by atoms with Crippen LogP contribution in [0.3, 0.4) is 0 Å². The Morgan fingerprint density at radius 3 is 2.65 bits per heavy atom. The number of ether oxygens (including phenoxy) is 1. The number of likely N-dealkylation sites (tertiary alicyclic amines) is 1. The molecule has 34 heavy (non-hydrogen) atoms. The van der Waals surface area contributed by atoms with Gasteiger partial charge in [0.05, 0.1) is 11.8 Å². The van der Waals surface area contributed by atoms with Crippen molar-refractivity contribution < 1.29 is 27.1 Å². The lowest BCUT2D eigenvalue weighted by Crippen LogP contribution is -2.35. The van der Waals surface area contributed by atoms with Crippen LogP contribution in [0.15, 0.2) is 24.4 Å². The lowest BCUT2D eigenvalue weighted by atomic mass is 9.97. The van der Waals surface area contributed by atoms with Gasteiger partial charge in [-0.2, -0.15) is 4.98 Å². The number of halogens is 4. The van der Waals surface area contributed by atoms with E-state index in [0.717, 1.165) is 4.90 Å². The van der Waals surface area contributed by atoms with E-state index in [4.69, 9.17) is 0 Å². The molecule has 1 atom stereocenters. The Hall–Kier alpha value is -3.54. The van der Waals surface area contributed by atoms with Crippen LogP contribution < -0.4 is 10.6 Å². The molecule has 3 heterocycles.